The molecule has 0 radical (unpaired) electrons. The number of aliphatic carboxylic acids is 1. The molecule has 2 heterocycles. The van der Waals surface area contributed by atoms with E-state index in [0.717, 1.165) is 64.2 Å². The lowest BCUT2D eigenvalue weighted by Crippen LogP contribution is -2.42. The van der Waals surface area contributed by atoms with Crippen molar-refractivity contribution in [1.82, 2.24) is 10.3 Å². The Balaban J connectivity index is 1.21. The van der Waals surface area contributed by atoms with Crippen molar-refractivity contribution in [1.29, 1.82) is 0 Å². The van der Waals surface area contributed by atoms with Gasteiger partial charge in [-0.05, 0) is 148 Å². The van der Waals surface area contributed by atoms with Gasteiger partial charge in [-0.3, -0.25) is 4.79 Å². The highest BCUT2D eigenvalue weighted by atomic mass is 16.4. The Labute approximate surface area is 331 Å². The Bertz CT molecular complexity index is 1510. The molecule has 2 fully saturated rings. The summed E-state index contributed by atoms with van der Waals surface area (Å²) >= 11 is 0. The molecule has 8 nitrogen and oxygen atoms in total. The number of rotatable bonds is 14. The van der Waals surface area contributed by atoms with Gasteiger partial charge < -0.3 is 36.5 Å². The maximum absolute atomic E-state index is 13.0. The summed E-state index contributed by atoms with van der Waals surface area (Å²) < 4.78 is 0. The van der Waals surface area contributed by atoms with Gasteiger partial charge >= 0.3 is 5.97 Å². The summed E-state index contributed by atoms with van der Waals surface area (Å²) in [6, 6.07) is 2.42. The van der Waals surface area contributed by atoms with Gasteiger partial charge in [-0.1, -0.05) is 78.0 Å². The molecule has 1 aromatic rings. The number of carboxylic acid groups (broad SMARTS) is 1. The number of H-pyrrole nitrogens is 1. The molecular weight excluding hydrogens is 687 g/mol. The first-order valence-corrected chi connectivity index (χ1v) is 22.5. The van der Waals surface area contributed by atoms with Crippen molar-refractivity contribution in [2.75, 3.05) is 6.54 Å². The number of aryl methyl sites for hydroxylation is 1. The number of unbranched alkanes of at least 4 members (excludes halogenated alkanes) is 3. The number of hydrogen-bond acceptors (Lipinski definition) is 6. The van der Waals surface area contributed by atoms with E-state index in [9.17, 15) is 25.2 Å². The molecule has 5 aliphatic rings. The first-order valence-electron chi connectivity index (χ1n) is 22.5. The van der Waals surface area contributed by atoms with Gasteiger partial charge in [0.2, 0.25) is 0 Å². The first-order chi connectivity index (χ1) is 26.4. The number of aliphatic hydroxyl groups is 3. The third-order valence-corrected chi connectivity index (χ3v) is 15.2. The summed E-state index contributed by atoms with van der Waals surface area (Å²) in [5.74, 6) is 1.47. The number of hydrogen-bond donors (Lipinski definition) is 7. The van der Waals surface area contributed by atoms with Gasteiger partial charge in [-0.25, -0.2) is 0 Å². The van der Waals surface area contributed by atoms with Gasteiger partial charge in [-0.15, -0.1) is 0 Å². The largest absolute Gasteiger partial charge is 0.481 e. The molecule has 8 heteroatoms. The number of aliphatic hydroxyl groups excluding tert-OH is 2. The van der Waals surface area contributed by atoms with Crippen LogP contribution in [0.3, 0.4) is 0 Å². The number of dihydropyridines is 1. The van der Waals surface area contributed by atoms with Crippen LogP contribution >= 0.6 is 0 Å². The van der Waals surface area contributed by atoms with E-state index in [2.05, 4.69) is 62.3 Å². The highest BCUT2D eigenvalue weighted by molar-refractivity contribution is 5.71. The Kier molecular flexibility index (Phi) is 14.4. The summed E-state index contributed by atoms with van der Waals surface area (Å²) in [4.78, 5) is 16.9. The van der Waals surface area contributed by atoms with Crippen molar-refractivity contribution < 1.29 is 25.2 Å². The van der Waals surface area contributed by atoms with E-state index >= 15 is 0 Å². The van der Waals surface area contributed by atoms with Crippen LogP contribution in [0.15, 0.2) is 41.8 Å². The zero-order valence-corrected chi connectivity index (χ0v) is 34.5. The minimum atomic E-state index is -1.00. The topological polar surface area (TPSA) is 152 Å². The molecule has 1 aromatic heterocycles. The average molecular weight is 762 g/mol. The predicted octanol–water partition coefficient (Wildman–Crippen LogP) is 8.84. The van der Waals surface area contributed by atoms with E-state index in [0.29, 0.717) is 55.3 Å². The van der Waals surface area contributed by atoms with E-state index in [1.54, 1.807) is 0 Å². The highest BCUT2D eigenvalue weighted by Crippen LogP contribution is 2.54. The second-order valence-corrected chi connectivity index (χ2v) is 19.2. The number of allylic oxidation sites excluding steroid dienone is 3. The Morgan fingerprint density at radius 3 is 2.51 bits per heavy atom. The normalized spacial score (nSPS) is 36.8. The molecule has 8 N–H and O–H groups in total. The summed E-state index contributed by atoms with van der Waals surface area (Å²) in [6.07, 6.45) is 23.4. The van der Waals surface area contributed by atoms with Crippen molar-refractivity contribution in [3.05, 3.63) is 58.7 Å². The number of carbonyl (C=O) groups is 1. The lowest BCUT2D eigenvalue weighted by atomic mass is 9.69. The zero-order valence-electron chi connectivity index (χ0n) is 34.5. The van der Waals surface area contributed by atoms with Crippen LogP contribution in [0.5, 0.6) is 0 Å². The molecule has 55 heavy (non-hydrogen) atoms. The summed E-state index contributed by atoms with van der Waals surface area (Å²) in [5.41, 5.74) is 10.4. The van der Waals surface area contributed by atoms with E-state index in [4.69, 9.17) is 5.73 Å². The van der Waals surface area contributed by atoms with Crippen LogP contribution in [-0.4, -0.2) is 55.7 Å². The number of aromatic nitrogens is 1. The fourth-order valence-electron chi connectivity index (χ4n) is 12.1. The van der Waals surface area contributed by atoms with E-state index in [1.165, 1.54) is 48.2 Å². The zero-order chi connectivity index (χ0) is 39.3. The molecule has 4 aliphatic carbocycles. The second-order valence-electron chi connectivity index (χ2n) is 19.2. The molecule has 308 valence electrons. The van der Waals surface area contributed by atoms with Crippen molar-refractivity contribution >= 4 is 5.97 Å². The number of nitrogens with one attached hydrogen (secondary N) is 2. The maximum Gasteiger partial charge on any atom is 0.309 e. The van der Waals surface area contributed by atoms with Crippen LogP contribution in [-0.2, 0) is 11.2 Å². The highest BCUT2D eigenvalue weighted by Gasteiger charge is 2.51. The van der Waals surface area contributed by atoms with E-state index in [1.807, 2.05) is 6.08 Å². The van der Waals surface area contributed by atoms with Crippen molar-refractivity contribution in [3.8, 4) is 0 Å². The molecule has 6 rings (SSSR count). The quantitative estimate of drug-likeness (QED) is 0.0739. The van der Waals surface area contributed by atoms with Crippen LogP contribution in [0, 0.1) is 47.3 Å². The Morgan fingerprint density at radius 1 is 1.00 bits per heavy atom. The number of nitrogens with two attached hydrogens (primary N) is 1. The first kappa shape index (κ1) is 42.1. The smallest absolute Gasteiger partial charge is 0.309 e. The number of fused-ring (bicyclic) bond motifs is 2. The van der Waals surface area contributed by atoms with Gasteiger partial charge in [0, 0.05) is 29.8 Å². The standard InChI is InChI=1S/C47H75N3O5/c1-5-6-7-10-31-13-14-34(43(52)25-31)11-8-9-12-35-15-16-37(41-27-38-30(4)36(29(2)3)17-18-40(38)50-41)39-24-33(23-32-20-22-49-44(48)26-32)28-47(39,55)21-19-42(51)45(35)46(53)54/h13-14,20,26-27,29-31,33-37,39,42-43,45,49-52,55H,5-12,15-19,21-25,28,48H2,1-4H3,(H,53,54). The number of carboxylic acids is 1. The van der Waals surface area contributed by atoms with Crippen LogP contribution in [0.4, 0.5) is 0 Å². The average Bonchev–Trinajstić information content (AvgIpc) is 3.71. The monoisotopic (exact) mass is 762 g/mol. The van der Waals surface area contributed by atoms with Crippen molar-refractivity contribution in [2.45, 2.75) is 173 Å². The minimum absolute atomic E-state index is 0.0112. The molecule has 0 saturated heterocycles. The summed E-state index contributed by atoms with van der Waals surface area (Å²) in [7, 11) is 0. The van der Waals surface area contributed by atoms with Crippen LogP contribution < -0.4 is 11.1 Å². The fraction of sp³-hybridized carbons (Fsp3) is 0.766. The van der Waals surface area contributed by atoms with Gasteiger partial charge in [0.05, 0.1) is 29.5 Å². The molecular formula is C47H75N3O5. The minimum Gasteiger partial charge on any atom is -0.481 e. The third kappa shape index (κ3) is 10.1. The molecule has 0 amide bonds. The Hall–Kier alpha value is -2.55. The third-order valence-electron chi connectivity index (χ3n) is 15.2. The lowest BCUT2D eigenvalue weighted by molar-refractivity contribution is -0.150. The Morgan fingerprint density at radius 2 is 1.78 bits per heavy atom. The summed E-state index contributed by atoms with van der Waals surface area (Å²) in [5, 5.41) is 49.2. The van der Waals surface area contributed by atoms with Gasteiger partial charge in [0.15, 0.2) is 0 Å². The van der Waals surface area contributed by atoms with Gasteiger partial charge in [0.1, 0.15) is 0 Å². The maximum atomic E-state index is 13.0. The molecule has 12 unspecified atom stereocenters. The van der Waals surface area contributed by atoms with Crippen molar-refractivity contribution in [3.63, 3.8) is 0 Å². The lowest BCUT2D eigenvalue weighted by Gasteiger charge is -2.40. The van der Waals surface area contributed by atoms with Gasteiger partial charge in [0.25, 0.3) is 0 Å². The van der Waals surface area contributed by atoms with Gasteiger partial charge in [-0.2, -0.15) is 0 Å². The molecule has 2 saturated carbocycles. The van der Waals surface area contributed by atoms with Crippen LogP contribution in [0.25, 0.3) is 0 Å². The number of aromatic amines is 1. The molecule has 0 aromatic carbocycles. The van der Waals surface area contributed by atoms with Crippen LogP contribution in [0.1, 0.15) is 166 Å². The molecule has 12 atom stereocenters. The molecule has 0 spiro atoms. The van der Waals surface area contributed by atoms with E-state index in [-0.39, 0.29) is 42.1 Å². The van der Waals surface area contributed by atoms with Crippen LogP contribution in [0.2, 0.25) is 0 Å². The summed E-state index contributed by atoms with van der Waals surface area (Å²) in [6.45, 7) is 10.00. The predicted molar refractivity (Wildman–Crippen MR) is 221 cm³/mol. The fourth-order valence-corrected chi connectivity index (χ4v) is 12.1. The second kappa shape index (κ2) is 18.8. The van der Waals surface area contributed by atoms with E-state index < -0.39 is 23.6 Å². The van der Waals surface area contributed by atoms with Crippen molar-refractivity contribution in [2.24, 2.45) is 53.1 Å². The molecule has 1 aliphatic heterocycles. The SMILES string of the molecule is CCCCCC1C=CC(CCCCC2CCC(c3cc4c([nH]3)CCC(C(C)C)C4C)C3CC(CC4=CCNC(N)=C4)CC3(O)CCC(O)C2C(=O)O)C(O)C1. The molecule has 0 bridgehead atoms.